The van der Waals surface area contributed by atoms with E-state index in [-0.39, 0.29) is 37.6 Å². The normalized spacial score (nSPS) is 11.7. The first-order valence-corrected chi connectivity index (χ1v) is 6.36. The van der Waals surface area contributed by atoms with Crippen LogP contribution >= 0.6 is 0 Å². The van der Waals surface area contributed by atoms with Crippen LogP contribution in [-0.2, 0) is 14.3 Å². The molecule has 1 heterocycles. The number of carboxylic acids is 1. The number of furan rings is 1. The molecular formula is C13H18N2O6. The summed E-state index contributed by atoms with van der Waals surface area (Å²) < 4.78 is 9.82. The van der Waals surface area contributed by atoms with Crippen LogP contribution in [0.15, 0.2) is 22.8 Å². The minimum Gasteiger partial charge on any atom is -0.481 e. The van der Waals surface area contributed by atoms with E-state index in [0.29, 0.717) is 0 Å². The number of carbonyl (C=O) groups excluding carboxylic acids is 2. The molecule has 8 nitrogen and oxygen atoms in total. The Bertz CT molecular complexity index is 471. The molecule has 3 N–H and O–H groups in total. The molecule has 0 aliphatic carbocycles. The van der Waals surface area contributed by atoms with Crippen molar-refractivity contribution in [1.82, 2.24) is 10.6 Å². The maximum Gasteiger partial charge on any atom is 0.306 e. The topological polar surface area (TPSA) is 118 Å². The molecule has 0 saturated heterocycles. The molecule has 21 heavy (non-hydrogen) atoms. The van der Waals surface area contributed by atoms with Crippen molar-refractivity contribution in [1.29, 1.82) is 0 Å². The van der Waals surface area contributed by atoms with Crippen molar-refractivity contribution in [3.05, 3.63) is 24.2 Å². The van der Waals surface area contributed by atoms with E-state index in [0.717, 1.165) is 0 Å². The number of hydrogen-bond donors (Lipinski definition) is 3. The van der Waals surface area contributed by atoms with Crippen molar-refractivity contribution in [3.63, 3.8) is 0 Å². The molecule has 0 radical (unpaired) electrons. The molecule has 1 aromatic rings. The van der Waals surface area contributed by atoms with Crippen molar-refractivity contribution in [2.45, 2.75) is 18.9 Å². The molecule has 0 aromatic carbocycles. The maximum absolute atomic E-state index is 11.5. The van der Waals surface area contributed by atoms with E-state index in [1.54, 1.807) is 6.07 Å². The number of ether oxygens (including phenoxy) is 1. The van der Waals surface area contributed by atoms with Gasteiger partial charge in [0.25, 0.3) is 5.91 Å². The highest BCUT2D eigenvalue weighted by molar-refractivity contribution is 5.91. The third kappa shape index (κ3) is 6.57. The van der Waals surface area contributed by atoms with Crippen molar-refractivity contribution in [3.8, 4) is 0 Å². The van der Waals surface area contributed by atoms with Gasteiger partial charge in [-0.25, -0.2) is 0 Å². The summed E-state index contributed by atoms with van der Waals surface area (Å²) >= 11 is 0. The number of aliphatic carboxylic acids is 1. The van der Waals surface area contributed by atoms with Gasteiger partial charge in [-0.2, -0.15) is 0 Å². The van der Waals surface area contributed by atoms with Crippen molar-refractivity contribution in [2.24, 2.45) is 0 Å². The molecule has 0 bridgehead atoms. The Kier molecular flexibility index (Phi) is 6.96. The van der Waals surface area contributed by atoms with Crippen LogP contribution in [-0.4, -0.2) is 49.2 Å². The molecule has 1 rings (SSSR count). The predicted octanol–water partition coefficient (Wildman–Crippen LogP) is 0.00540. The monoisotopic (exact) mass is 298 g/mol. The zero-order chi connectivity index (χ0) is 15.7. The average Bonchev–Trinajstić information content (AvgIpc) is 2.97. The molecule has 0 aliphatic heterocycles. The highest BCUT2D eigenvalue weighted by Gasteiger charge is 2.14. The highest BCUT2D eigenvalue weighted by Crippen LogP contribution is 1.99. The summed E-state index contributed by atoms with van der Waals surface area (Å²) in [6, 6.07) is 3.11. The molecule has 2 amide bonds. The predicted molar refractivity (Wildman–Crippen MR) is 71.7 cm³/mol. The zero-order valence-electron chi connectivity index (χ0n) is 11.6. The maximum atomic E-state index is 11.5. The standard InChI is InChI=1S/C13H18N2O6/c1-20-9(7-12(17)18)8-15-11(16)4-5-14-13(19)10-3-2-6-21-10/h2-3,6,9H,4-5,7-8H2,1H3,(H,14,19)(H,15,16)(H,17,18). The smallest absolute Gasteiger partial charge is 0.306 e. The zero-order valence-corrected chi connectivity index (χ0v) is 11.6. The lowest BCUT2D eigenvalue weighted by atomic mass is 10.2. The first-order chi connectivity index (χ1) is 10.0. The molecule has 8 heteroatoms. The molecule has 0 saturated carbocycles. The van der Waals surface area contributed by atoms with Gasteiger partial charge in [0, 0.05) is 26.6 Å². The van der Waals surface area contributed by atoms with Crippen LogP contribution in [0.5, 0.6) is 0 Å². The van der Waals surface area contributed by atoms with Gasteiger partial charge in [0.05, 0.1) is 18.8 Å². The first kappa shape index (κ1) is 16.7. The summed E-state index contributed by atoms with van der Waals surface area (Å²) in [5, 5.41) is 13.7. The summed E-state index contributed by atoms with van der Waals surface area (Å²) in [5.41, 5.74) is 0. The Balaban J connectivity index is 2.19. The molecule has 0 aliphatic rings. The minimum atomic E-state index is -0.998. The van der Waals surface area contributed by atoms with Crippen LogP contribution in [0.25, 0.3) is 0 Å². The number of carbonyl (C=O) groups is 3. The highest BCUT2D eigenvalue weighted by atomic mass is 16.5. The molecule has 1 unspecified atom stereocenters. The SMILES string of the molecule is COC(CNC(=O)CCNC(=O)c1ccco1)CC(=O)O. The van der Waals surface area contributed by atoms with E-state index in [9.17, 15) is 14.4 Å². The lowest BCUT2D eigenvalue weighted by Gasteiger charge is -2.13. The van der Waals surface area contributed by atoms with Crippen LogP contribution in [0.2, 0.25) is 0 Å². The van der Waals surface area contributed by atoms with Gasteiger partial charge in [-0.3, -0.25) is 14.4 Å². The van der Waals surface area contributed by atoms with Gasteiger partial charge in [0.2, 0.25) is 5.91 Å². The van der Waals surface area contributed by atoms with Crippen LogP contribution in [0, 0.1) is 0 Å². The van der Waals surface area contributed by atoms with Gasteiger partial charge < -0.3 is 24.9 Å². The minimum absolute atomic E-state index is 0.0793. The summed E-state index contributed by atoms with van der Waals surface area (Å²) in [6.45, 7) is 0.260. The Morgan fingerprint density at radius 3 is 2.71 bits per heavy atom. The van der Waals surface area contributed by atoms with Gasteiger partial charge in [0.1, 0.15) is 0 Å². The number of carboxylic acid groups (broad SMARTS) is 1. The Labute approximate surface area is 121 Å². The molecule has 1 atom stereocenters. The van der Waals surface area contributed by atoms with Crippen LogP contribution in [0.1, 0.15) is 23.4 Å². The second kappa shape index (κ2) is 8.75. The molecule has 116 valence electrons. The number of nitrogens with one attached hydrogen (secondary N) is 2. The number of methoxy groups -OCH3 is 1. The third-order valence-electron chi connectivity index (χ3n) is 2.65. The summed E-state index contributed by atoms with van der Waals surface area (Å²) in [5.74, 6) is -1.52. The van der Waals surface area contributed by atoms with E-state index < -0.39 is 18.0 Å². The van der Waals surface area contributed by atoms with Crippen LogP contribution in [0.3, 0.4) is 0 Å². The van der Waals surface area contributed by atoms with E-state index in [1.807, 2.05) is 0 Å². The number of rotatable bonds is 9. The van der Waals surface area contributed by atoms with E-state index >= 15 is 0 Å². The quantitative estimate of drug-likeness (QED) is 0.591. The molecular weight excluding hydrogens is 280 g/mol. The lowest BCUT2D eigenvalue weighted by molar-refractivity contribution is -0.140. The van der Waals surface area contributed by atoms with Gasteiger partial charge in [0.15, 0.2) is 5.76 Å². The van der Waals surface area contributed by atoms with E-state index in [1.165, 1.54) is 19.4 Å². The summed E-state index contributed by atoms with van der Waals surface area (Å²) in [7, 11) is 1.38. The lowest BCUT2D eigenvalue weighted by Crippen LogP contribution is -2.36. The molecule has 0 spiro atoms. The average molecular weight is 298 g/mol. The largest absolute Gasteiger partial charge is 0.481 e. The summed E-state index contributed by atoms with van der Waals surface area (Å²) in [6.07, 6.45) is 0.695. The van der Waals surface area contributed by atoms with Crippen LogP contribution < -0.4 is 10.6 Å². The van der Waals surface area contributed by atoms with Crippen LogP contribution in [0.4, 0.5) is 0 Å². The van der Waals surface area contributed by atoms with Gasteiger partial charge >= 0.3 is 5.97 Å². The van der Waals surface area contributed by atoms with Gasteiger partial charge in [-0.05, 0) is 12.1 Å². The fourth-order valence-electron chi connectivity index (χ4n) is 1.53. The second-order valence-electron chi connectivity index (χ2n) is 4.24. The third-order valence-corrected chi connectivity index (χ3v) is 2.65. The van der Waals surface area contributed by atoms with E-state index in [4.69, 9.17) is 14.3 Å². The van der Waals surface area contributed by atoms with Crippen molar-refractivity contribution >= 4 is 17.8 Å². The number of amides is 2. The fraction of sp³-hybridized carbons (Fsp3) is 0.462. The van der Waals surface area contributed by atoms with Gasteiger partial charge in [-0.15, -0.1) is 0 Å². The Morgan fingerprint density at radius 2 is 2.14 bits per heavy atom. The molecule has 0 fully saturated rings. The second-order valence-corrected chi connectivity index (χ2v) is 4.24. The fourth-order valence-corrected chi connectivity index (χ4v) is 1.53. The van der Waals surface area contributed by atoms with Crippen molar-refractivity contribution < 1.29 is 28.6 Å². The van der Waals surface area contributed by atoms with Crippen molar-refractivity contribution in [2.75, 3.05) is 20.2 Å². The molecule has 1 aromatic heterocycles. The first-order valence-electron chi connectivity index (χ1n) is 6.36. The van der Waals surface area contributed by atoms with Gasteiger partial charge in [-0.1, -0.05) is 0 Å². The number of hydrogen-bond acceptors (Lipinski definition) is 5. The van der Waals surface area contributed by atoms with E-state index in [2.05, 4.69) is 10.6 Å². The Hall–Kier alpha value is -2.35. The summed E-state index contributed by atoms with van der Waals surface area (Å²) in [4.78, 5) is 33.6. The Morgan fingerprint density at radius 1 is 1.38 bits per heavy atom.